The number of carbonyl (C=O) groups is 1. The van der Waals surface area contributed by atoms with Crippen molar-refractivity contribution in [1.29, 1.82) is 0 Å². The predicted molar refractivity (Wildman–Crippen MR) is 93.1 cm³/mol. The number of aliphatic imine (C=N–C) groups is 1. The van der Waals surface area contributed by atoms with Crippen molar-refractivity contribution in [3.63, 3.8) is 0 Å². The molecule has 1 atom stereocenters. The number of aliphatic hydroxyl groups excluding tert-OH is 1. The summed E-state index contributed by atoms with van der Waals surface area (Å²) < 4.78 is 0. The molecular formula is C17H15NO2S2. The van der Waals surface area contributed by atoms with Crippen molar-refractivity contribution in [3.8, 4) is 0 Å². The third kappa shape index (κ3) is 3.15. The average Bonchev–Trinajstić information content (AvgIpc) is 3.01. The molecule has 0 saturated heterocycles. The van der Waals surface area contributed by atoms with E-state index in [-0.39, 0.29) is 16.8 Å². The summed E-state index contributed by atoms with van der Waals surface area (Å²) in [4.78, 5) is 17.7. The highest BCUT2D eigenvalue weighted by Gasteiger charge is 2.30. The molecule has 0 bridgehead atoms. The standard InChI is InChI=1S/C17H15NO2S2/c1-11(19)16-13(20)10-15(14-8-5-9-21-14)22-17(16)18-12-6-3-2-4-7-12/h2-9,15,20H,10H2,1H3. The summed E-state index contributed by atoms with van der Waals surface area (Å²) in [5, 5.41) is 13.0. The van der Waals surface area contributed by atoms with Crippen LogP contribution >= 0.6 is 23.1 Å². The number of thioether (sulfide) groups is 1. The fourth-order valence-electron chi connectivity index (χ4n) is 2.33. The number of hydrogen-bond acceptors (Lipinski definition) is 5. The number of nitrogens with zero attached hydrogens (tertiary/aromatic N) is 1. The van der Waals surface area contributed by atoms with E-state index in [1.165, 1.54) is 11.8 Å². The van der Waals surface area contributed by atoms with E-state index < -0.39 is 0 Å². The minimum absolute atomic E-state index is 0.102. The molecule has 1 aliphatic rings. The van der Waals surface area contributed by atoms with Crippen molar-refractivity contribution >= 4 is 39.6 Å². The molecule has 0 amide bonds. The van der Waals surface area contributed by atoms with Gasteiger partial charge in [0, 0.05) is 11.3 Å². The van der Waals surface area contributed by atoms with E-state index in [0.29, 0.717) is 17.0 Å². The van der Waals surface area contributed by atoms with E-state index in [0.717, 1.165) is 5.69 Å². The van der Waals surface area contributed by atoms with E-state index in [1.807, 2.05) is 41.8 Å². The monoisotopic (exact) mass is 329 g/mol. The maximum Gasteiger partial charge on any atom is 0.165 e. The Bertz CT molecular complexity index is 733. The smallest absolute Gasteiger partial charge is 0.165 e. The van der Waals surface area contributed by atoms with Gasteiger partial charge in [0.05, 0.1) is 16.5 Å². The van der Waals surface area contributed by atoms with Gasteiger partial charge in [-0.2, -0.15) is 0 Å². The van der Waals surface area contributed by atoms with Gasteiger partial charge in [-0.3, -0.25) is 4.79 Å². The summed E-state index contributed by atoms with van der Waals surface area (Å²) in [7, 11) is 0. The molecule has 1 aromatic heterocycles. The topological polar surface area (TPSA) is 49.7 Å². The first-order valence-electron chi connectivity index (χ1n) is 6.92. The van der Waals surface area contributed by atoms with Crippen LogP contribution in [-0.2, 0) is 4.79 Å². The fourth-order valence-corrected chi connectivity index (χ4v) is 4.59. The van der Waals surface area contributed by atoms with Crippen LogP contribution in [0.4, 0.5) is 5.69 Å². The zero-order chi connectivity index (χ0) is 15.5. The third-order valence-electron chi connectivity index (χ3n) is 3.33. The maximum atomic E-state index is 11.9. The van der Waals surface area contributed by atoms with E-state index >= 15 is 0 Å². The predicted octanol–water partition coefficient (Wildman–Crippen LogP) is 5.06. The Labute approximate surface area is 137 Å². The fraction of sp³-hybridized carbons (Fsp3) is 0.176. The number of allylic oxidation sites excluding steroid dienone is 1. The van der Waals surface area contributed by atoms with Gasteiger partial charge in [-0.15, -0.1) is 11.3 Å². The van der Waals surface area contributed by atoms with Crippen molar-refractivity contribution in [2.75, 3.05) is 0 Å². The number of benzene rings is 1. The first-order chi connectivity index (χ1) is 10.6. The lowest BCUT2D eigenvalue weighted by atomic mass is 10.1. The zero-order valence-corrected chi connectivity index (χ0v) is 13.7. The Morgan fingerprint density at radius 2 is 2.00 bits per heavy atom. The quantitative estimate of drug-likeness (QED) is 0.856. The van der Waals surface area contributed by atoms with Crippen LogP contribution in [0.25, 0.3) is 0 Å². The van der Waals surface area contributed by atoms with Gasteiger partial charge in [0.25, 0.3) is 0 Å². The SMILES string of the molecule is CC(=O)C1=C(O)CC(c2cccs2)SC1=Nc1ccccc1. The van der Waals surface area contributed by atoms with Gasteiger partial charge in [-0.25, -0.2) is 4.99 Å². The summed E-state index contributed by atoms with van der Waals surface area (Å²) in [5.41, 5.74) is 1.13. The molecule has 1 N–H and O–H groups in total. The van der Waals surface area contributed by atoms with E-state index in [9.17, 15) is 9.90 Å². The second-order valence-electron chi connectivity index (χ2n) is 4.96. The molecule has 1 aromatic carbocycles. The molecule has 0 spiro atoms. The highest BCUT2D eigenvalue weighted by molar-refractivity contribution is 8.14. The Morgan fingerprint density at radius 3 is 2.64 bits per heavy atom. The van der Waals surface area contributed by atoms with Gasteiger partial charge in [-0.1, -0.05) is 36.0 Å². The Morgan fingerprint density at radius 1 is 1.23 bits per heavy atom. The van der Waals surface area contributed by atoms with Crippen molar-refractivity contribution < 1.29 is 9.90 Å². The molecule has 2 aromatic rings. The molecule has 3 rings (SSSR count). The Balaban J connectivity index is 2.02. The van der Waals surface area contributed by atoms with Gasteiger partial charge in [0.2, 0.25) is 0 Å². The van der Waals surface area contributed by atoms with Gasteiger partial charge in [0.15, 0.2) is 5.78 Å². The minimum Gasteiger partial charge on any atom is -0.511 e. The lowest BCUT2D eigenvalue weighted by Crippen LogP contribution is -2.17. The van der Waals surface area contributed by atoms with Crippen molar-refractivity contribution in [3.05, 3.63) is 64.1 Å². The van der Waals surface area contributed by atoms with Gasteiger partial charge < -0.3 is 5.11 Å². The molecule has 0 fully saturated rings. The first kappa shape index (κ1) is 15.1. The van der Waals surface area contributed by atoms with Crippen LogP contribution in [0.1, 0.15) is 23.5 Å². The Kier molecular flexibility index (Phi) is 4.45. The molecular weight excluding hydrogens is 314 g/mol. The number of thiophene rings is 1. The van der Waals surface area contributed by atoms with Crippen LogP contribution in [0.2, 0.25) is 0 Å². The molecule has 112 valence electrons. The average molecular weight is 329 g/mol. The first-order valence-corrected chi connectivity index (χ1v) is 8.68. The van der Waals surface area contributed by atoms with E-state index in [1.54, 1.807) is 23.1 Å². The van der Waals surface area contributed by atoms with E-state index in [4.69, 9.17) is 0 Å². The van der Waals surface area contributed by atoms with Gasteiger partial charge in [-0.05, 0) is 30.5 Å². The number of para-hydroxylation sites is 1. The van der Waals surface area contributed by atoms with Crippen LogP contribution in [0, 0.1) is 0 Å². The van der Waals surface area contributed by atoms with Gasteiger partial charge in [0.1, 0.15) is 10.8 Å². The number of hydrogen-bond donors (Lipinski definition) is 1. The summed E-state index contributed by atoms with van der Waals surface area (Å²) in [6, 6.07) is 13.5. The number of aliphatic hydroxyl groups is 1. The van der Waals surface area contributed by atoms with Crippen molar-refractivity contribution in [2.45, 2.75) is 18.6 Å². The second kappa shape index (κ2) is 6.50. The summed E-state index contributed by atoms with van der Waals surface area (Å²) >= 11 is 3.20. The van der Waals surface area contributed by atoms with Crippen molar-refractivity contribution in [2.24, 2.45) is 4.99 Å². The van der Waals surface area contributed by atoms with Crippen molar-refractivity contribution in [1.82, 2.24) is 0 Å². The molecule has 1 aliphatic heterocycles. The molecule has 0 saturated carbocycles. The summed E-state index contributed by atoms with van der Waals surface area (Å²) in [5.74, 6) is -0.0105. The molecule has 3 nitrogen and oxygen atoms in total. The van der Waals surface area contributed by atoms with Crippen LogP contribution < -0.4 is 0 Å². The van der Waals surface area contributed by atoms with E-state index in [2.05, 4.69) is 11.1 Å². The summed E-state index contributed by atoms with van der Waals surface area (Å²) in [6.45, 7) is 1.47. The number of rotatable bonds is 3. The maximum absolute atomic E-state index is 11.9. The second-order valence-corrected chi connectivity index (χ2v) is 7.13. The summed E-state index contributed by atoms with van der Waals surface area (Å²) in [6.07, 6.45) is 0.466. The van der Waals surface area contributed by atoms with Crippen LogP contribution in [0.5, 0.6) is 0 Å². The molecule has 0 radical (unpaired) electrons. The lowest BCUT2D eigenvalue weighted by Gasteiger charge is -2.23. The van der Waals surface area contributed by atoms with Crippen LogP contribution in [0.15, 0.2) is 64.2 Å². The largest absolute Gasteiger partial charge is 0.511 e. The molecule has 0 aliphatic carbocycles. The zero-order valence-electron chi connectivity index (χ0n) is 12.0. The minimum atomic E-state index is -0.149. The lowest BCUT2D eigenvalue weighted by molar-refractivity contribution is -0.113. The number of Topliss-reactive ketones (excluding diaryl/α,β-unsaturated/α-hetero) is 1. The molecule has 5 heteroatoms. The normalized spacial score (nSPS) is 20.4. The highest BCUT2D eigenvalue weighted by Crippen LogP contribution is 2.44. The number of ketones is 1. The van der Waals surface area contributed by atoms with Crippen LogP contribution in [0.3, 0.4) is 0 Å². The molecule has 1 unspecified atom stereocenters. The Hall–Kier alpha value is -1.85. The third-order valence-corrected chi connectivity index (χ3v) is 5.69. The molecule has 22 heavy (non-hydrogen) atoms. The molecule has 2 heterocycles. The van der Waals surface area contributed by atoms with Gasteiger partial charge >= 0.3 is 0 Å². The number of carbonyl (C=O) groups excluding carboxylic acids is 1. The highest BCUT2D eigenvalue weighted by atomic mass is 32.2. The van der Waals surface area contributed by atoms with Crippen LogP contribution in [-0.4, -0.2) is 15.9 Å².